The first-order valence-corrected chi connectivity index (χ1v) is 15.7. The molecule has 5 aromatic rings. The van der Waals surface area contributed by atoms with Gasteiger partial charge >= 0.3 is 0 Å². The van der Waals surface area contributed by atoms with Gasteiger partial charge in [0.25, 0.3) is 0 Å². The highest BCUT2D eigenvalue weighted by atomic mass is 16.6. The standard InChI is InChI=1S/C19H34N.C18H11BO3/c1-4-7-15-20(16-8-5-2,17-9-6-3)18-19-13-11-10-12-14-19;20-19(21)22-17-7-3-6-12-8-9-15-10-13-4-1-2-5-14(13)11-16(15)18(12)17/h10-14H,4-9,15-18H2,1-3H3;1-11H/q+1;-2. The number of fused-ring (bicyclic) bond motifs is 4. The van der Waals surface area contributed by atoms with E-state index in [0.717, 1.165) is 32.3 Å². The van der Waals surface area contributed by atoms with Crippen molar-refractivity contribution >= 4 is 39.6 Å². The van der Waals surface area contributed by atoms with Crippen LogP contribution in [-0.4, -0.2) is 31.4 Å². The van der Waals surface area contributed by atoms with Crippen LogP contribution in [0.5, 0.6) is 5.75 Å². The van der Waals surface area contributed by atoms with Gasteiger partial charge in [-0.3, -0.25) is 0 Å². The maximum atomic E-state index is 10.9. The van der Waals surface area contributed by atoms with E-state index in [4.69, 9.17) is 4.65 Å². The van der Waals surface area contributed by atoms with Crippen LogP contribution in [0.4, 0.5) is 0 Å². The molecule has 5 rings (SSSR count). The van der Waals surface area contributed by atoms with Crippen molar-refractivity contribution in [2.75, 3.05) is 19.6 Å². The van der Waals surface area contributed by atoms with Crippen molar-refractivity contribution in [2.24, 2.45) is 0 Å². The van der Waals surface area contributed by atoms with E-state index >= 15 is 0 Å². The Balaban J connectivity index is 0.000000194. The third-order valence-electron chi connectivity index (χ3n) is 8.23. The number of hydrogen-bond acceptors (Lipinski definition) is 3. The van der Waals surface area contributed by atoms with Crippen LogP contribution < -0.4 is 14.7 Å². The average molecular weight is 563 g/mol. The molecule has 0 fully saturated rings. The molecule has 0 radical (unpaired) electrons. The Kier molecular flexibility index (Phi) is 11.8. The van der Waals surface area contributed by atoms with E-state index in [1.807, 2.05) is 36.4 Å². The first kappa shape index (κ1) is 31.6. The minimum atomic E-state index is -2.33. The van der Waals surface area contributed by atoms with Crippen molar-refractivity contribution in [2.45, 2.75) is 65.8 Å². The Morgan fingerprint density at radius 2 is 1.14 bits per heavy atom. The Hall–Kier alpha value is -3.38. The SMILES string of the molecule is CCCC[N+](CCCC)(CCCC)Cc1ccccc1.[O-]B([O-])Oc1cccc2ccc3cc4ccccc4cc3c12. The summed E-state index contributed by atoms with van der Waals surface area (Å²) >= 11 is 0. The fourth-order valence-electron chi connectivity index (χ4n) is 5.99. The summed E-state index contributed by atoms with van der Waals surface area (Å²) in [5, 5.41) is 27.9. The van der Waals surface area contributed by atoms with Crippen molar-refractivity contribution in [3.63, 3.8) is 0 Å². The maximum Gasteiger partial charge on any atom is 0.133 e. The van der Waals surface area contributed by atoms with Gasteiger partial charge in [-0.25, -0.2) is 0 Å². The van der Waals surface area contributed by atoms with Crippen molar-refractivity contribution in [1.82, 2.24) is 0 Å². The number of rotatable bonds is 13. The molecule has 0 saturated carbocycles. The van der Waals surface area contributed by atoms with Gasteiger partial charge in [0.05, 0.1) is 19.6 Å². The number of nitrogens with zero attached hydrogens (tertiary/aromatic N) is 1. The fraction of sp³-hybridized carbons (Fsp3) is 0.351. The first-order valence-electron chi connectivity index (χ1n) is 15.7. The molecule has 220 valence electrons. The van der Waals surface area contributed by atoms with Crippen molar-refractivity contribution in [1.29, 1.82) is 0 Å². The van der Waals surface area contributed by atoms with Gasteiger partial charge in [0.1, 0.15) is 19.6 Å². The quantitative estimate of drug-likeness (QED) is 0.0642. The zero-order valence-corrected chi connectivity index (χ0v) is 25.6. The molecule has 0 aliphatic heterocycles. The van der Waals surface area contributed by atoms with Crippen molar-refractivity contribution < 1.29 is 19.2 Å². The predicted molar refractivity (Wildman–Crippen MR) is 175 cm³/mol. The molecule has 0 aromatic heterocycles. The number of quaternary nitrogens is 1. The monoisotopic (exact) mass is 562 g/mol. The van der Waals surface area contributed by atoms with Crippen molar-refractivity contribution in [3.05, 3.63) is 103 Å². The minimum Gasteiger partial charge on any atom is -0.860 e. The molecule has 0 saturated heterocycles. The Bertz CT molecular complexity index is 1510. The van der Waals surface area contributed by atoms with E-state index < -0.39 is 7.32 Å². The van der Waals surface area contributed by atoms with Gasteiger partial charge in [-0.15, -0.1) is 0 Å². The molecule has 0 N–H and O–H groups in total. The zero-order chi connectivity index (χ0) is 29.8. The molecule has 0 heterocycles. The molecule has 0 atom stereocenters. The molecule has 0 aliphatic carbocycles. The number of hydrogen-bond donors (Lipinski definition) is 0. The van der Waals surface area contributed by atoms with E-state index in [1.165, 1.54) is 74.8 Å². The van der Waals surface area contributed by atoms with Crippen LogP contribution >= 0.6 is 0 Å². The van der Waals surface area contributed by atoms with Gasteiger partial charge in [-0.05, 0) is 64.4 Å². The summed E-state index contributed by atoms with van der Waals surface area (Å²) in [5.41, 5.74) is 1.51. The molecule has 42 heavy (non-hydrogen) atoms. The summed E-state index contributed by atoms with van der Waals surface area (Å²) in [5.74, 6) is 0.341. The van der Waals surface area contributed by atoms with E-state index in [0.29, 0.717) is 5.75 Å². The highest BCUT2D eigenvalue weighted by molar-refractivity contribution is 6.30. The van der Waals surface area contributed by atoms with E-state index in [2.05, 4.69) is 69.3 Å². The summed E-state index contributed by atoms with van der Waals surface area (Å²) in [6, 6.07) is 32.8. The molecule has 0 amide bonds. The molecule has 0 spiro atoms. The summed E-state index contributed by atoms with van der Waals surface area (Å²) in [6.07, 6.45) is 8.02. The minimum absolute atomic E-state index is 0.341. The third kappa shape index (κ3) is 8.35. The van der Waals surface area contributed by atoms with Gasteiger partial charge in [-0.2, -0.15) is 0 Å². The molecular weight excluding hydrogens is 517 g/mol. The number of unbranched alkanes of at least 4 members (excludes halogenated alkanes) is 3. The lowest BCUT2D eigenvalue weighted by atomic mass is 9.97. The van der Waals surface area contributed by atoms with Crippen LogP contribution in [0.2, 0.25) is 0 Å². The predicted octanol–water partition coefficient (Wildman–Crippen LogP) is 7.63. The van der Waals surface area contributed by atoms with Gasteiger partial charge in [0, 0.05) is 10.9 Å². The largest absolute Gasteiger partial charge is 0.860 e. The van der Waals surface area contributed by atoms with Gasteiger partial charge in [0.15, 0.2) is 0 Å². The van der Waals surface area contributed by atoms with Gasteiger partial charge in [0.2, 0.25) is 0 Å². The van der Waals surface area contributed by atoms with Crippen LogP contribution in [0.1, 0.15) is 64.9 Å². The lowest BCUT2D eigenvalue weighted by Crippen LogP contribution is -2.50. The smallest absolute Gasteiger partial charge is 0.133 e. The third-order valence-corrected chi connectivity index (χ3v) is 8.23. The van der Waals surface area contributed by atoms with Crippen LogP contribution in [0, 0.1) is 0 Å². The van der Waals surface area contributed by atoms with E-state index in [1.54, 1.807) is 12.1 Å². The topological polar surface area (TPSA) is 55.3 Å². The molecule has 4 nitrogen and oxygen atoms in total. The van der Waals surface area contributed by atoms with Crippen molar-refractivity contribution in [3.8, 4) is 5.75 Å². The summed E-state index contributed by atoms with van der Waals surface area (Å²) in [7, 11) is -2.33. The second-order valence-electron chi connectivity index (χ2n) is 11.5. The van der Waals surface area contributed by atoms with Crippen LogP contribution in [-0.2, 0) is 6.54 Å². The van der Waals surface area contributed by atoms with Gasteiger partial charge < -0.3 is 19.2 Å². The highest BCUT2D eigenvalue weighted by Gasteiger charge is 2.26. The van der Waals surface area contributed by atoms with E-state index in [-0.39, 0.29) is 0 Å². The van der Waals surface area contributed by atoms with E-state index in [9.17, 15) is 10.0 Å². The zero-order valence-electron chi connectivity index (χ0n) is 25.6. The molecular formula is C37H45BNO3-. The lowest BCUT2D eigenvalue weighted by molar-refractivity contribution is -0.941. The Morgan fingerprint density at radius 1 is 0.595 bits per heavy atom. The first-order chi connectivity index (χ1) is 20.5. The average Bonchev–Trinajstić information content (AvgIpc) is 3.01. The fourth-order valence-corrected chi connectivity index (χ4v) is 5.99. The summed E-state index contributed by atoms with van der Waals surface area (Å²) in [6.45, 7) is 12.2. The summed E-state index contributed by atoms with van der Waals surface area (Å²) < 4.78 is 6.24. The van der Waals surface area contributed by atoms with Crippen LogP contribution in [0.3, 0.4) is 0 Å². The number of benzene rings is 5. The molecule has 5 aromatic carbocycles. The summed E-state index contributed by atoms with van der Waals surface area (Å²) in [4.78, 5) is 0. The second-order valence-corrected chi connectivity index (χ2v) is 11.5. The Labute approximate surface area is 252 Å². The van der Waals surface area contributed by atoms with Crippen LogP contribution in [0.15, 0.2) is 97.1 Å². The molecule has 0 unspecified atom stereocenters. The van der Waals surface area contributed by atoms with Crippen LogP contribution in [0.25, 0.3) is 32.3 Å². The second kappa shape index (κ2) is 15.7. The molecule has 5 heteroatoms. The molecule has 0 bridgehead atoms. The van der Waals surface area contributed by atoms with Gasteiger partial charge in [-0.1, -0.05) is 119 Å². The highest BCUT2D eigenvalue weighted by Crippen LogP contribution is 2.35. The Morgan fingerprint density at radius 3 is 1.74 bits per heavy atom. The maximum absolute atomic E-state index is 10.9. The molecule has 0 aliphatic rings. The lowest BCUT2D eigenvalue weighted by Gasteiger charge is -2.39. The normalized spacial score (nSPS) is 11.5.